The molecule has 0 aromatic carbocycles. The van der Waals surface area contributed by atoms with E-state index in [2.05, 4.69) is 50.3 Å². The van der Waals surface area contributed by atoms with Crippen LogP contribution in [0.15, 0.2) is 72.9 Å². The number of phosphoric ester groups is 1. The van der Waals surface area contributed by atoms with Crippen molar-refractivity contribution in [2.24, 2.45) is 0 Å². The fourth-order valence-corrected chi connectivity index (χ4v) is 7.77. The number of allylic oxidation sites excluding steroid dienone is 12. The molecule has 0 heterocycles. The van der Waals surface area contributed by atoms with Gasteiger partial charge < -0.3 is 39.9 Å². The molecule has 0 spiro atoms. The maximum absolute atomic E-state index is 12.8. The van der Waals surface area contributed by atoms with Gasteiger partial charge >= 0.3 is 19.8 Å². The van der Waals surface area contributed by atoms with E-state index in [9.17, 15) is 44.6 Å². The van der Waals surface area contributed by atoms with Crippen molar-refractivity contribution in [1.29, 1.82) is 0 Å². The van der Waals surface area contributed by atoms with Crippen LogP contribution in [0.5, 0.6) is 0 Å². The minimum absolute atomic E-state index is 0.0826. The van der Waals surface area contributed by atoms with Crippen LogP contribution in [0.25, 0.3) is 0 Å². The highest BCUT2D eigenvalue weighted by Gasteiger charge is 2.51. The van der Waals surface area contributed by atoms with Crippen LogP contribution >= 0.6 is 7.82 Å². The first-order chi connectivity index (χ1) is 30.4. The highest BCUT2D eigenvalue weighted by molar-refractivity contribution is 7.47. The number of hydrogen-bond donors (Lipinski definition) is 6. The smallest absolute Gasteiger partial charge is 0.462 e. The zero-order valence-corrected chi connectivity index (χ0v) is 39.2. The van der Waals surface area contributed by atoms with Gasteiger partial charge in [-0.25, -0.2) is 4.57 Å². The molecule has 0 aromatic heterocycles. The molecule has 1 aliphatic carbocycles. The average molecular weight is 911 g/mol. The molecule has 0 aliphatic heterocycles. The molecule has 63 heavy (non-hydrogen) atoms. The van der Waals surface area contributed by atoms with Crippen molar-refractivity contribution in [3.8, 4) is 0 Å². The fourth-order valence-electron chi connectivity index (χ4n) is 6.80. The molecule has 0 radical (unpaired) electrons. The molecule has 1 rings (SSSR count). The Kier molecular flexibility index (Phi) is 35.7. The lowest BCUT2D eigenvalue weighted by atomic mass is 9.85. The summed E-state index contributed by atoms with van der Waals surface area (Å²) in [6.45, 7) is 3.11. The number of ether oxygens (including phenoxy) is 2. The molecule has 1 saturated carbocycles. The molecular formula is C49H83O13P. The third kappa shape index (κ3) is 31.0. The average Bonchev–Trinajstić information content (AvgIpc) is 3.26. The second kappa shape index (κ2) is 38.5. The summed E-state index contributed by atoms with van der Waals surface area (Å²) in [6, 6.07) is 0. The molecule has 0 bridgehead atoms. The Bertz CT molecular complexity index is 1380. The predicted octanol–water partition coefficient (Wildman–Crippen LogP) is 9.50. The number of rotatable bonds is 38. The van der Waals surface area contributed by atoms with Crippen molar-refractivity contribution < 1.29 is 63.1 Å². The summed E-state index contributed by atoms with van der Waals surface area (Å²) in [5.74, 6) is -1.14. The number of carbonyl (C=O) groups excluding carboxylic acids is 2. The first-order valence-corrected chi connectivity index (χ1v) is 25.3. The van der Waals surface area contributed by atoms with E-state index in [-0.39, 0.29) is 12.8 Å². The van der Waals surface area contributed by atoms with Crippen LogP contribution in [0.4, 0.5) is 0 Å². The first-order valence-electron chi connectivity index (χ1n) is 23.8. The number of phosphoric acid groups is 1. The van der Waals surface area contributed by atoms with Gasteiger partial charge in [-0.05, 0) is 64.2 Å². The fraction of sp³-hybridized carbons (Fsp3) is 0.714. The number of aliphatic hydroxyl groups excluding tert-OH is 5. The van der Waals surface area contributed by atoms with Crippen molar-refractivity contribution in [3.63, 3.8) is 0 Å². The van der Waals surface area contributed by atoms with E-state index in [0.717, 1.165) is 77.0 Å². The second-order valence-corrected chi connectivity index (χ2v) is 17.7. The number of carbonyl (C=O) groups is 2. The maximum Gasteiger partial charge on any atom is 0.472 e. The van der Waals surface area contributed by atoms with Gasteiger partial charge in [-0.2, -0.15) is 0 Å². The van der Waals surface area contributed by atoms with Gasteiger partial charge in [0.15, 0.2) is 6.10 Å². The van der Waals surface area contributed by atoms with Crippen molar-refractivity contribution in [2.45, 2.75) is 211 Å². The monoisotopic (exact) mass is 911 g/mol. The zero-order valence-electron chi connectivity index (χ0n) is 38.3. The Hall–Kier alpha value is -2.71. The van der Waals surface area contributed by atoms with Gasteiger partial charge in [0.25, 0.3) is 0 Å². The molecular weight excluding hydrogens is 827 g/mol. The highest BCUT2D eigenvalue weighted by Crippen LogP contribution is 2.47. The topological polar surface area (TPSA) is 210 Å². The third-order valence-corrected chi connectivity index (χ3v) is 11.6. The lowest BCUT2D eigenvalue weighted by Crippen LogP contribution is -2.64. The van der Waals surface area contributed by atoms with Gasteiger partial charge in [0.2, 0.25) is 0 Å². The van der Waals surface area contributed by atoms with Gasteiger partial charge in [0, 0.05) is 12.8 Å². The molecule has 0 saturated heterocycles. The van der Waals surface area contributed by atoms with Gasteiger partial charge in [-0.3, -0.25) is 18.6 Å². The van der Waals surface area contributed by atoms with E-state index in [1.807, 2.05) is 36.5 Å². The summed E-state index contributed by atoms with van der Waals surface area (Å²) in [7, 11) is -5.13. The molecule has 13 nitrogen and oxygen atoms in total. The standard InChI is InChI=1S/C49H83O13P/c1-3-5-7-9-11-13-15-17-19-20-21-22-24-26-28-30-32-34-36-38-43(51)61-41(40-60-63(57,58)62-49-47(55)45(53)44(52)46(54)48(49)56)39-59-42(50)37-35-33-31-29-27-25-23-18-16-14-12-10-8-6-4-2/h6,8,10-14,16-19,23,41,44-49,52-56H,3-5,7,9,15,20-22,24-40H2,1-2H3,(H,57,58)/b8-6+,12-10+,13-11+,16-14+,19-17+,23-18+/t41-,44?,45-,46?,47?,48?,49?/m1/s1. The van der Waals surface area contributed by atoms with Gasteiger partial charge in [0.05, 0.1) is 6.61 Å². The number of hydrogen-bond acceptors (Lipinski definition) is 12. The van der Waals surface area contributed by atoms with Crippen LogP contribution < -0.4 is 0 Å². The van der Waals surface area contributed by atoms with Crippen LogP contribution in [0.2, 0.25) is 0 Å². The van der Waals surface area contributed by atoms with Crippen LogP contribution in [0.3, 0.4) is 0 Å². The highest BCUT2D eigenvalue weighted by atomic mass is 31.2. The molecule has 8 atom stereocenters. The van der Waals surface area contributed by atoms with Crippen LogP contribution in [0.1, 0.15) is 168 Å². The maximum atomic E-state index is 12.8. The van der Waals surface area contributed by atoms with Crippen LogP contribution in [0, 0.1) is 0 Å². The summed E-state index contributed by atoms with van der Waals surface area (Å²) < 4.78 is 33.5. The molecule has 1 fully saturated rings. The summed E-state index contributed by atoms with van der Waals surface area (Å²) >= 11 is 0. The summed E-state index contributed by atoms with van der Waals surface area (Å²) in [4.78, 5) is 35.7. The Labute approximate surface area is 378 Å². The van der Waals surface area contributed by atoms with E-state index >= 15 is 0 Å². The minimum atomic E-state index is -5.13. The number of unbranched alkanes of at least 4 members (excludes halogenated alkanes) is 17. The van der Waals surface area contributed by atoms with Crippen molar-refractivity contribution in [3.05, 3.63) is 72.9 Å². The van der Waals surface area contributed by atoms with Gasteiger partial charge in [-0.1, -0.05) is 164 Å². The molecule has 0 amide bonds. The quantitative estimate of drug-likeness (QED) is 0.0112. The summed E-state index contributed by atoms with van der Waals surface area (Å²) in [5.41, 5.74) is 0. The normalized spacial score (nSPS) is 22.3. The first kappa shape index (κ1) is 58.3. The zero-order chi connectivity index (χ0) is 46.4. The van der Waals surface area contributed by atoms with Gasteiger partial charge in [0.1, 0.15) is 43.2 Å². The SMILES string of the molecule is CC/C=C/C=C/C=C/C=C/CCCCCCCC(=O)OC[C@H](COP(=O)(O)OC1C(O)C(O)C(O)[C@@H](O)C1O)OC(=O)CCCCCCCCCCC/C=C/C/C=C/CCCCC. The molecule has 362 valence electrons. The summed E-state index contributed by atoms with van der Waals surface area (Å²) in [6.07, 6.45) is 35.2. The summed E-state index contributed by atoms with van der Waals surface area (Å²) in [5, 5.41) is 50.2. The van der Waals surface area contributed by atoms with Crippen molar-refractivity contribution >= 4 is 19.8 Å². The van der Waals surface area contributed by atoms with Crippen molar-refractivity contribution in [1.82, 2.24) is 0 Å². The van der Waals surface area contributed by atoms with Crippen LogP contribution in [-0.4, -0.2) is 98.3 Å². The Morgan fingerprint density at radius 1 is 0.524 bits per heavy atom. The molecule has 0 aromatic rings. The number of aliphatic hydroxyl groups is 5. The lowest BCUT2D eigenvalue weighted by Gasteiger charge is -2.41. The largest absolute Gasteiger partial charge is 0.472 e. The second-order valence-electron chi connectivity index (χ2n) is 16.3. The predicted molar refractivity (Wildman–Crippen MR) is 249 cm³/mol. The van der Waals surface area contributed by atoms with E-state index in [1.54, 1.807) is 0 Å². The van der Waals surface area contributed by atoms with E-state index < -0.39 is 75.7 Å². The van der Waals surface area contributed by atoms with Crippen LogP contribution in [-0.2, 0) is 32.7 Å². The molecule has 14 heteroatoms. The number of esters is 2. The third-order valence-electron chi connectivity index (χ3n) is 10.6. The Morgan fingerprint density at radius 3 is 1.51 bits per heavy atom. The lowest BCUT2D eigenvalue weighted by molar-refractivity contribution is -0.220. The Morgan fingerprint density at radius 2 is 0.968 bits per heavy atom. The molecule has 1 aliphatic rings. The molecule has 6 unspecified atom stereocenters. The Balaban J connectivity index is 2.46. The van der Waals surface area contributed by atoms with E-state index in [0.29, 0.717) is 12.8 Å². The van der Waals surface area contributed by atoms with Gasteiger partial charge in [-0.15, -0.1) is 0 Å². The van der Waals surface area contributed by atoms with E-state index in [1.165, 1.54) is 51.4 Å². The van der Waals surface area contributed by atoms with Crippen molar-refractivity contribution in [2.75, 3.05) is 13.2 Å². The van der Waals surface area contributed by atoms with E-state index in [4.69, 9.17) is 18.5 Å². The molecule has 6 N–H and O–H groups in total. The minimum Gasteiger partial charge on any atom is -0.462 e.